The molecule has 1 aliphatic carbocycles. The molecule has 0 heterocycles. The Labute approximate surface area is 102 Å². The van der Waals surface area contributed by atoms with Crippen LogP contribution >= 0.6 is 15.9 Å². The molecule has 2 nitrogen and oxygen atoms in total. The number of rotatable bonds is 7. The molecule has 3 heteroatoms. The second kappa shape index (κ2) is 6.87. The maximum Gasteiger partial charge on any atom is 0.0593 e. The third-order valence-electron chi connectivity index (χ3n) is 2.82. The van der Waals surface area contributed by atoms with Crippen molar-refractivity contribution < 1.29 is 4.74 Å². The molecule has 0 N–H and O–H groups in total. The zero-order chi connectivity index (χ0) is 11.3. The molecular formula is C12H24BrNO. The van der Waals surface area contributed by atoms with Gasteiger partial charge >= 0.3 is 0 Å². The lowest BCUT2D eigenvalue weighted by Gasteiger charge is -2.34. The molecule has 0 amide bonds. The zero-order valence-corrected chi connectivity index (χ0v) is 11.8. The zero-order valence-electron chi connectivity index (χ0n) is 10.2. The number of likely N-dealkylation sites (N-methyl/N-ethyl adjacent to an activating group) is 1. The van der Waals surface area contributed by atoms with E-state index in [9.17, 15) is 0 Å². The van der Waals surface area contributed by atoms with Gasteiger partial charge in [0.15, 0.2) is 0 Å². The highest BCUT2D eigenvalue weighted by atomic mass is 79.9. The molecule has 0 aromatic heterocycles. The molecule has 0 aromatic rings. The Morgan fingerprint density at radius 1 is 1.40 bits per heavy atom. The minimum absolute atomic E-state index is 0.649. The predicted molar refractivity (Wildman–Crippen MR) is 68.6 cm³/mol. The Bertz CT molecular complexity index is 169. The Kier molecular flexibility index (Phi) is 6.17. The number of hydrogen-bond donors (Lipinski definition) is 0. The van der Waals surface area contributed by atoms with E-state index >= 15 is 0 Å². The first kappa shape index (κ1) is 13.5. The fraction of sp³-hybridized carbons (Fsp3) is 1.00. The minimum atomic E-state index is 0.649. The van der Waals surface area contributed by atoms with Gasteiger partial charge in [0.1, 0.15) is 0 Å². The lowest BCUT2D eigenvalue weighted by Crippen LogP contribution is -2.36. The van der Waals surface area contributed by atoms with Gasteiger partial charge in [0.05, 0.1) is 6.61 Å². The largest absolute Gasteiger partial charge is 0.380 e. The fourth-order valence-corrected chi connectivity index (χ4v) is 2.93. The van der Waals surface area contributed by atoms with Gasteiger partial charge in [-0.2, -0.15) is 0 Å². The maximum atomic E-state index is 5.57. The summed E-state index contributed by atoms with van der Waals surface area (Å²) in [6.07, 6.45) is 2.69. The highest BCUT2D eigenvalue weighted by molar-refractivity contribution is 9.09. The quantitative estimate of drug-likeness (QED) is 0.524. The molecule has 0 bridgehead atoms. The number of halogens is 1. The first-order valence-electron chi connectivity index (χ1n) is 5.98. The molecule has 90 valence electrons. The smallest absolute Gasteiger partial charge is 0.0593 e. The Balaban J connectivity index is 1.92. The van der Waals surface area contributed by atoms with Gasteiger partial charge < -0.3 is 9.64 Å². The Morgan fingerprint density at radius 3 is 2.60 bits per heavy atom. The van der Waals surface area contributed by atoms with Crippen LogP contribution < -0.4 is 0 Å². The van der Waals surface area contributed by atoms with Crippen LogP contribution in [0.2, 0.25) is 0 Å². The third-order valence-corrected chi connectivity index (χ3v) is 3.56. The van der Waals surface area contributed by atoms with Gasteiger partial charge in [-0.3, -0.25) is 0 Å². The lowest BCUT2D eigenvalue weighted by molar-refractivity contribution is 0.0840. The van der Waals surface area contributed by atoms with Crippen LogP contribution in [0.4, 0.5) is 0 Å². The fourth-order valence-electron chi connectivity index (χ4n) is 1.87. The standard InChI is InChI=1S/C12H24BrNO/c1-10(2)9-15-5-4-14(3)8-11-6-12(13)7-11/h10-12H,4-9H2,1-3H3. The SMILES string of the molecule is CC(C)COCCN(C)CC1CC(Br)C1. The first-order valence-corrected chi connectivity index (χ1v) is 6.90. The van der Waals surface area contributed by atoms with Crippen molar-refractivity contribution in [3.8, 4) is 0 Å². The first-order chi connectivity index (χ1) is 7.08. The molecule has 0 radical (unpaired) electrons. The van der Waals surface area contributed by atoms with Crippen molar-refractivity contribution in [2.45, 2.75) is 31.5 Å². The molecular weight excluding hydrogens is 254 g/mol. The van der Waals surface area contributed by atoms with E-state index in [2.05, 4.69) is 41.7 Å². The van der Waals surface area contributed by atoms with E-state index < -0.39 is 0 Å². The third kappa shape index (κ3) is 5.88. The molecule has 1 rings (SSSR count). The van der Waals surface area contributed by atoms with Crippen molar-refractivity contribution in [2.75, 3.05) is 33.4 Å². The van der Waals surface area contributed by atoms with Gasteiger partial charge in [-0.15, -0.1) is 0 Å². The Morgan fingerprint density at radius 2 is 2.07 bits per heavy atom. The molecule has 0 atom stereocenters. The highest BCUT2D eigenvalue weighted by Crippen LogP contribution is 2.33. The van der Waals surface area contributed by atoms with Crippen LogP contribution in [0.15, 0.2) is 0 Å². The molecule has 1 fully saturated rings. The van der Waals surface area contributed by atoms with Crippen molar-refractivity contribution in [3.05, 3.63) is 0 Å². The van der Waals surface area contributed by atoms with E-state index in [0.29, 0.717) is 5.92 Å². The summed E-state index contributed by atoms with van der Waals surface area (Å²) >= 11 is 3.63. The van der Waals surface area contributed by atoms with Crippen LogP contribution in [-0.4, -0.2) is 43.1 Å². The average Bonchev–Trinajstić information content (AvgIpc) is 2.10. The summed E-state index contributed by atoms with van der Waals surface area (Å²) in [4.78, 5) is 3.18. The summed E-state index contributed by atoms with van der Waals surface area (Å²) in [5, 5.41) is 0. The van der Waals surface area contributed by atoms with Gasteiger partial charge in [0.25, 0.3) is 0 Å². The van der Waals surface area contributed by atoms with Crippen LogP contribution in [-0.2, 0) is 4.74 Å². The molecule has 0 unspecified atom stereocenters. The predicted octanol–water partition coefficient (Wildman–Crippen LogP) is 2.76. The van der Waals surface area contributed by atoms with Gasteiger partial charge in [-0.25, -0.2) is 0 Å². The van der Waals surface area contributed by atoms with E-state index in [-0.39, 0.29) is 0 Å². The summed E-state index contributed by atoms with van der Waals surface area (Å²) < 4.78 is 5.57. The van der Waals surface area contributed by atoms with Crippen LogP contribution in [0, 0.1) is 11.8 Å². The second-order valence-corrected chi connectivity index (χ2v) is 6.46. The minimum Gasteiger partial charge on any atom is -0.380 e. The van der Waals surface area contributed by atoms with Crippen molar-refractivity contribution >= 4 is 15.9 Å². The van der Waals surface area contributed by atoms with Crippen molar-refractivity contribution in [2.24, 2.45) is 11.8 Å². The summed E-state index contributed by atoms with van der Waals surface area (Å²) in [6, 6.07) is 0. The van der Waals surface area contributed by atoms with E-state index in [4.69, 9.17) is 4.74 Å². The molecule has 0 aliphatic heterocycles. The molecule has 15 heavy (non-hydrogen) atoms. The Hall–Kier alpha value is 0.400. The molecule has 0 aromatic carbocycles. The summed E-state index contributed by atoms with van der Waals surface area (Å²) in [7, 11) is 2.19. The van der Waals surface area contributed by atoms with E-state index in [1.54, 1.807) is 0 Å². The van der Waals surface area contributed by atoms with Gasteiger partial charge in [0, 0.05) is 24.5 Å². The summed E-state index contributed by atoms with van der Waals surface area (Å²) in [5.41, 5.74) is 0. The molecule has 0 saturated heterocycles. The van der Waals surface area contributed by atoms with Gasteiger partial charge in [0.2, 0.25) is 0 Å². The summed E-state index contributed by atoms with van der Waals surface area (Å²) in [6.45, 7) is 8.44. The number of alkyl halides is 1. The van der Waals surface area contributed by atoms with Crippen molar-refractivity contribution in [1.29, 1.82) is 0 Å². The van der Waals surface area contributed by atoms with Gasteiger partial charge in [-0.05, 0) is 31.7 Å². The topological polar surface area (TPSA) is 12.5 Å². The maximum absolute atomic E-state index is 5.57. The van der Waals surface area contributed by atoms with E-state index in [0.717, 1.165) is 30.5 Å². The van der Waals surface area contributed by atoms with Crippen LogP contribution in [0.5, 0.6) is 0 Å². The average molecular weight is 278 g/mol. The van der Waals surface area contributed by atoms with Crippen LogP contribution in [0.25, 0.3) is 0 Å². The van der Waals surface area contributed by atoms with Gasteiger partial charge in [-0.1, -0.05) is 29.8 Å². The molecule has 0 spiro atoms. The normalized spacial score (nSPS) is 26.0. The van der Waals surface area contributed by atoms with Crippen molar-refractivity contribution in [3.63, 3.8) is 0 Å². The highest BCUT2D eigenvalue weighted by Gasteiger charge is 2.27. The number of ether oxygens (including phenoxy) is 1. The summed E-state index contributed by atoms with van der Waals surface area (Å²) in [5.74, 6) is 1.56. The number of nitrogens with zero attached hydrogens (tertiary/aromatic N) is 1. The molecule has 1 saturated carbocycles. The van der Waals surface area contributed by atoms with Crippen LogP contribution in [0.1, 0.15) is 26.7 Å². The van der Waals surface area contributed by atoms with Crippen LogP contribution in [0.3, 0.4) is 0 Å². The van der Waals surface area contributed by atoms with E-state index in [1.807, 2.05) is 0 Å². The van der Waals surface area contributed by atoms with Crippen molar-refractivity contribution in [1.82, 2.24) is 4.90 Å². The second-order valence-electron chi connectivity index (χ2n) is 5.17. The lowest BCUT2D eigenvalue weighted by atomic mass is 9.85. The monoisotopic (exact) mass is 277 g/mol. The number of hydrogen-bond acceptors (Lipinski definition) is 2. The van der Waals surface area contributed by atoms with E-state index in [1.165, 1.54) is 19.4 Å². The molecule has 1 aliphatic rings.